The molecule has 1 aromatic heterocycles. The number of nitrogens with zero attached hydrogens (tertiary/aromatic N) is 3. The molecule has 0 aromatic carbocycles. The molecular weight excluding hydrogens is 190 g/mol. The van der Waals surface area contributed by atoms with Gasteiger partial charge in [-0.3, -0.25) is 0 Å². The van der Waals surface area contributed by atoms with Gasteiger partial charge < -0.3 is 10.0 Å². The van der Waals surface area contributed by atoms with Crippen LogP contribution in [0.15, 0.2) is 12.4 Å². The van der Waals surface area contributed by atoms with Crippen molar-refractivity contribution in [2.45, 2.75) is 32.3 Å². The van der Waals surface area contributed by atoms with Crippen LogP contribution < -0.4 is 4.90 Å². The van der Waals surface area contributed by atoms with Crippen LogP contribution in [0.2, 0.25) is 0 Å². The first-order valence-electron chi connectivity index (χ1n) is 5.39. The van der Waals surface area contributed by atoms with Gasteiger partial charge in [-0.2, -0.15) is 0 Å². The molecule has 4 nitrogen and oxygen atoms in total. The van der Waals surface area contributed by atoms with E-state index in [4.69, 9.17) is 0 Å². The quantitative estimate of drug-likeness (QED) is 0.807. The van der Waals surface area contributed by atoms with Crippen LogP contribution in [0.4, 0.5) is 5.95 Å². The number of anilines is 1. The third-order valence-corrected chi connectivity index (χ3v) is 2.74. The summed E-state index contributed by atoms with van der Waals surface area (Å²) in [4.78, 5) is 10.5. The molecule has 2 rings (SSSR count). The normalized spacial score (nSPS) is 18.7. The van der Waals surface area contributed by atoms with Crippen LogP contribution >= 0.6 is 0 Å². The summed E-state index contributed by atoms with van der Waals surface area (Å²) in [7, 11) is 0. The summed E-state index contributed by atoms with van der Waals surface area (Å²) in [5, 5.41) is 10.00. The lowest BCUT2D eigenvalue weighted by molar-refractivity contribution is 0.00245. The first kappa shape index (κ1) is 10.4. The van der Waals surface area contributed by atoms with Crippen LogP contribution in [0.1, 0.15) is 25.3 Å². The lowest BCUT2D eigenvalue weighted by Gasteiger charge is -2.46. The van der Waals surface area contributed by atoms with Crippen LogP contribution in [0.3, 0.4) is 0 Å². The maximum atomic E-state index is 10.00. The lowest BCUT2D eigenvalue weighted by Crippen LogP contribution is -2.62. The topological polar surface area (TPSA) is 49.2 Å². The Kier molecular flexibility index (Phi) is 2.61. The van der Waals surface area contributed by atoms with Crippen molar-refractivity contribution in [2.24, 2.45) is 0 Å². The van der Waals surface area contributed by atoms with Crippen LogP contribution in [-0.2, 0) is 0 Å². The van der Waals surface area contributed by atoms with E-state index in [1.165, 1.54) is 0 Å². The van der Waals surface area contributed by atoms with Crippen molar-refractivity contribution < 1.29 is 5.11 Å². The van der Waals surface area contributed by atoms with Gasteiger partial charge in [0.1, 0.15) is 0 Å². The van der Waals surface area contributed by atoms with Gasteiger partial charge in [-0.05, 0) is 18.9 Å². The smallest absolute Gasteiger partial charge is 0.225 e. The number of rotatable bonds is 3. The van der Waals surface area contributed by atoms with E-state index in [1.54, 1.807) is 12.4 Å². The zero-order valence-electron chi connectivity index (χ0n) is 9.27. The summed E-state index contributed by atoms with van der Waals surface area (Å²) in [6, 6.07) is 0. The van der Waals surface area contributed by atoms with E-state index in [0.29, 0.717) is 13.1 Å². The molecule has 1 fully saturated rings. The summed E-state index contributed by atoms with van der Waals surface area (Å²) in [6.07, 6.45) is 5.48. The van der Waals surface area contributed by atoms with Crippen molar-refractivity contribution in [3.05, 3.63) is 18.0 Å². The highest BCUT2D eigenvalue weighted by Gasteiger charge is 2.41. The number of aliphatic hydroxyl groups is 1. The maximum Gasteiger partial charge on any atom is 0.225 e. The van der Waals surface area contributed by atoms with Gasteiger partial charge in [-0.25, -0.2) is 9.97 Å². The molecule has 0 aliphatic carbocycles. The minimum absolute atomic E-state index is 0.511. The molecule has 0 bridgehead atoms. The van der Waals surface area contributed by atoms with Gasteiger partial charge in [-0.15, -0.1) is 0 Å². The van der Waals surface area contributed by atoms with E-state index in [2.05, 4.69) is 16.9 Å². The Labute approximate surface area is 90.0 Å². The second-order valence-electron chi connectivity index (χ2n) is 4.39. The van der Waals surface area contributed by atoms with Gasteiger partial charge in [0.05, 0.1) is 18.7 Å². The summed E-state index contributed by atoms with van der Waals surface area (Å²) >= 11 is 0. The minimum Gasteiger partial charge on any atom is -0.386 e. The highest BCUT2D eigenvalue weighted by atomic mass is 16.3. The minimum atomic E-state index is -0.511. The van der Waals surface area contributed by atoms with E-state index in [0.717, 1.165) is 24.4 Å². The van der Waals surface area contributed by atoms with Crippen molar-refractivity contribution in [3.8, 4) is 0 Å². The fraction of sp³-hybridized carbons (Fsp3) is 0.636. The Morgan fingerprint density at radius 1 is 1.40 bits per heavy atom. The first-order chi connectivity index (χ1) is 7.13. The summed E-state index contributed by atoms with van der Waals surface area (Å²) in [5.74, 6) is 0.723. The highest BCUT2D eigenvalue weighted by Crippen LogP contribution is 2.28. The molecule has 82 valence electrons. The number of hydrogen-bond acceptors (Lipinski definition) is 4. The monoisotopic (exact) mass is 207 g/mol. The van der Waals surface area contributed by atoms with E-state index >= 15 is 0 Å². The predicted octanol–water partition coefficient (Wildman–Crippen LogP) is 1.14. The molecule has 1 N–H and O–H groups in total. The molecule has 1 aliphatic rings. The molecule has 0 amide bonds. The summed E-state index contributed by atoms with van der Waals surface area (Å²) in [5.41, 5.74) is 0.548. The molecule has 0 unspecified atom stereocenters. The van der Waals surface area contributed by atoms with E-state index in [-0.39, 0.29) is 0 Å². The van der Waals surface area contributed by atoms with Crippen LogP contribution in [0, 0.1) is 6.92 Å². The van der Waals surface area contributed by atoms with Gasteiger partial charge in [0.15, 0.2) is 0 Å². The third kappa shape index (κ3) is 2.09. The Morgan fingerprint density at radius 2 is 2.00 bits per heavy atom. The van der Waals surface area contributed by atoms with Crippen molar-refractivity contribution >= 4 is 5.95 Å². The summed E-state index contributed by atoms with van der Waals surface area (Å²) in [6.45, 7) is 5.37. The standard InChI is InChI=1S/C11H17N3O/c1-3-4-11(15)7-14(8-11)10-12-5-9(2)6-13-10/h5-6,15H,3-4,7-8H2,1-2H3. The number of aryl methyl sites for hydroxylation is 1. The molecule has 1 saturated heterocycles. The summed E-state index contributed by atoms with van der Waals surface area (Å²) < 4.78 is 0. The first-order valence-corrected chi connectivity index (χ1v) is 5.39. The molecule has 0 spiro atoms. The van der Waals surface area contributed by atoms with Crippen molar-refractivity contribution in [1.29, 1.82) is 0 Å². The highest BCUT2D eigenvalue weighted by molar-refractivity contribution is 5.37. The van der Waals surface area contributed by atoms with E-state index in [9.17, 15) is 5.11 Å². The number of aromatic nitrogens is 2. The second kappa shape index (κ2) is 3.77. The van der Waals surface area contributed by atoms with E-state index < -0.39 is 5.60 Å². The van der Waals surface area contributed by atoms with Crippen molar-refractivity contribution in [3.63, 3.8) is 0 Å². The largest absolute Gasteiger partial charge is 0.386 e. The molecule has 2 heterocycles. The average Bonchev–Trinajstić information content (AvgIpc) is 2.16. The van der Waals surface area contributed by atoms with Gasteiger partial charge in [0, 0.05) is 12.4 Å². The van der Waals surface area contributed by atoms with Crippen molar-refractivity contribution in [2.75, 3.05) is 18.0 Å². The van der Waals surface area contributed by atoms with Gasteiger partial charge in [0.25, 0.3) is 0 Å². The van der Waals surface area contributed by atoms with Gasteiger partial charge in [0.2, 0.25) is 5.95 Å². The maximum absolute atomic E-state index is 10.00. The molecule has 0 radical (unpaired) electrons. The molecule has 4 heteroatoms. The molecule has 0 saturated carbocycles. The zero-order chi connectivity index (χ0) is 10.9. The van der Waals surface area contributed by atoms with Crippen LogP contribution in [0.5, 0.6) is 0 Å². The SMILES string of the molecule is CCCC1(O)CN(c2ncc(C)cn2)C1. The average molecular weight is 207 g/mol. The fourth-order valence-corrected chi connectivity index (χ4v) is 1.98. The molecule has 15 heavy (non-hydrogen) atoms. The van der Waals surface area contributed by atoms with Crippen LogP contribution in [0.25, 0.3) is 0 Å². The zero-order valence-corrected chi connectivity index (χ0v) is 9.27. The third-order valence-electron chi connectivity index (χ3n) is 2.74. The molecule has 1 aromatic rings. The van der Waals surface area contributed by atoms with E-state index in [1.807, 2.05) is 11.8 Å². The van der Waals surface area contributed by atoms with Gasteiger partial charge in [-0.1, -0.05) is 13.3 Å². The Morgan fingerprint density at radius 3 is 2.53 bits per heavy atom. The van der Waals surface area contributed by atoms with Gasteiger partial charge >= 0.3 is 0 Å². The molecule has 1 aliphatic heterocycles. The Balaban J connectivity index is 1.97. The predicted molar refractivity (Wildman–Crippen MR) is 58.8 cm³/mol. The second-order valence-corrected chi connectivity index (χ2v) is 4.39. The molecule has 0 atom stereocenters. The fourth-order valence-electron chi connectivity index (χ4n) is 1.98. The Bertz CT molecular complexity index is 330. The Hall–Kier alpha value is -1.16. The molecular formula is C11H17N3O. The number of hydrogen-bond donors (Lipinski definition) is 1. The van der Waals surface area contributed by atoms with Crippen molar-refractivity contribution in [1.82, 2.24) is 9.97 Å². The lowest BCUT2D eigenvalue weighted by atomic mass is 9.90. The van der Waals surface area contributed by atoms with Crippen LogP contribution in [-0.4, -0.2) is 33.8 Å². The number of β-amino-alcohol motifs (C(OH)–C–C–N with tert-alkyl or cyclic N) is 1.